The molecule has 5 nitrogen and oxygen atoms in total. The Balaban J connectivity index is 2.11. The monoisotopic (exact) mass is 281 g/mol. The Morgan fingerprint density at radius 2 is 1.84 bits per heavy atom. The number of H-pyrrole nitrogens is 1. The van der Waals surface area contributed by atoms with Crippen molar-refractivity contribution in [1.82, 2.24) is 13.6 Å². The standard InChI is InChI=1S/C13H19N3O2S/c1-15(2)19(17,18)16(3)9-8-11-10-14-13-7-5-4-6-12(11)13/h4-7,10,14H,8-9H2,1-3H3. The highest BCUT2D eigenvalue weighted by Crippen LogP contribution is 2.18. The van der Waals surface area contributed by atoms with Crippen LogP contribution in [0, 0.1) is 0 Å². The Labute approximate surface area is 114 Å². The fourth-order valence-corrected chi connectivity index (χ4v) is 2.89. The fourth-order valence-electron chi connectivity index (χ4n) is 2.01. The van der Waals surface area contributed by atoms with E-state index in [-0.39, 0.29) is 0 Å². The predicted octanol–water partition coefficient (Wildman–Crippen LogP) is 1.45. The van der Waals surface area contributed by atoms with Crippen LogP contribution < -0.4 is 0 Å². The molecule has 0 saturated carbocycles. The summed E-state index contributed by atoms with van der Waals surface area (Å²) in [6.45, 7) is 0.461. The van der Waals surface area contributed by atoms with Crippen molar-refractivity contribution in [3.8, 4) is 0 Å². The molecule has 0 amide bonds. The zero-order chi connectivity index (χ0) is 14.0. The molecule has 6 heteroatoms. The van der Waals surface area contributed by atoms with Crippen LogP contribution in [0.3, 0.4) is 0 Å². The van der Waals surface area contributed by atoms with Gasteiger partial charge in [0.15, 0.2) is 0 Å². The lowest BCUT2D eigenvalue weighted by Gasteiger charge is -2.21. The van der Waals surface area contributed by atoms with Gasteiger partial charge >= 0.3 is 0 Å². The Morgan fingerprint density at radius 3 is 2.53 bits per heavy atom. The topological polar surface area (TPSA) is 56.4 Å². The summed E-state index contributed by atoms with van der Waals surface area (Å²) in [5, 5.41) is 1.15. The van der Waals surface area contributed by atoms with Crippen molar-refractivity contribution in [3.05, 3.63) is 36.0 Å². The van der Waals surface area contributed by atoms with Crippen molar-refractivity contribution in [2.75, 3.05) is 27.7 Å². The zero-order valence-corrected chi connectivity index (χ0v) is 12.2. The molecule has 2 rings (SSSR count). The largest absolute Gasteiger partial charge is 0.361 e. The number of nitrogens with zero attached hydrogens (tertiary/aromatic N) is 2. The van der Waals surface area contributed by atoms with Gasteiger partial charge in [-0.25, -0.2) is 0 Å². The summed E-state index contributed by atoms with van der Waals surface area (Å²) in [6, 6.07) is 8.02. The van der Waals surface area contributed by atoms with E-state index in [4.69, 9.17) is 0 Å². The van der Waals surface area contributed by atoms with E-state index < -0.39 is 10.2 Å². The van der Waals surface area contributed by atoms with Crippen molar-refractivity contribution in [2.24, 2.45) is 0 Å². The van der Waals surface area contributed by atoms with Crippen molar-refractivity contribution >= 4 is 21.1 Å². The number of hydrogen-bond donors (Lipinski definition) is 1. The maximum absolute atomic E-state index is 11.9. The second-order valence-corrected chi connectivity index (χ2v) is 6.97. The van der Waals surface area contributed by atoms with E-state index in [1.54, 1.807) is 7.05 Å². The van der Waals surface area contributed by atoms with Crippen LogP contribution >= 0.6 is 0 Å². The molecule has 2 aromatic rings. The van der Waals surface area contributed by atoms with Crippen LogP contribution in [0.15, 0.2) is 30.5 Å². The summed E-state index contributed by atoms with van der Waals surface area (Å²) >= 11 is 0. The van der Waals surface area contributed by atoms with E-state index in [0.29, 0.717) is 13.0 Å². The van der Waals surface area contributed by atoms with Crippen molar-refractivity contribution in [2.45, 2.75) is 6.42 Å². The van der Waals surface area contributed by atoms with Gasteiger partial charge in [-0.1, -0.05) is 18.2 Å². The minimum atomic E-state index is -3.33. The Bertz CT molecular complexity index is 661. The van der Waals surface area contributed by atoms with Crippen molar-refractivity contribution in [1.29, 1.82) is 0 Å². The summed E-state index contributed by atoms with van der Waals surface area (Å²) < 4.78 is 26.4. The molecule has 0 unspecified atom stereocenters. The SMILES string of the molecule is CN(C)S(=O)(=O)N(C)CCc1c[nH]c2ccccc12. The van der Waals surface area contributed by atoms with E-state index in [2.05, 4.69) is 4.98 Å². The molecule has 1 aromatic carbocycles. The molecule has 0 atom stereocenters. The number of aromatic nitrogens is 1. The average Bonchev–Trinajstić information content (AvgIpc) is 2.79. The van der Waals surface area contributed by atoms with Gasteiger partial charge in [-0.2, -0.15) is 17.0 Å². The molecule has 0 aliphatic carbocycles. The maximum Gasteiger partial charge on any atom is 0.281 e. The first-order valence-corrected chi connectivity index (χ1v) is 7.51. The summed E-state index contributed by atoms with van der Waals surface area (Å²) in [4.78, 5) is 3.20. The highest BCUT2D eigenvalue weighted by Gasteiger charge is 2.20. The molecule has 104 valence electrons. The van der Waals surface area contributed by atoms with Crippen LogP contribution in [-0.4, -0.2) is 49.7 Å². The molecule has 0 saturated heterocycles. The van der Waals surface area contributed by atoms with Gasteiger partial charge in [-0.05, 0) is 18.1 Å². The lowest BCUT2D eigenvalue weighted by atomic mass is 10.1. The normalized spacial score (nSPS) is 12.7. The molecule has 1 heterocycles. The first-order valence-electron chi connectivity index (χ1n) is 6.11. The number of benzene rings is 1. The third-order valence-corrected chi connectivity index (χ3v) is 5.12. The van der Waals surface area contributed by atoms with Crippen LogP contribution in [0.5, 0.6) is 0 Å². The fraction of sp³-hybridized carbons (Fsp3) is 0.385. The van der Waals surface area contributed by atoms with Crippen LogP contribution in [0.2, 0.25) is 0 Å². The molecule has 0 aliphatic rings. The highest BCUT2D eigenvalue weighted by atomic mass is 32.2. The summed E-state index contributed by atoms with van der Waals surface area (Å²) in [7, 11) is 1.35. The number of hydrogen-bond acceptors (Lipinski definition) is 2. The molecule has 1 N–H and O–H groups in total. The van der Waals surface area contributed by atoms with Crippen molar-refractivity contribution < 1.29 is 8.42 Å². The molecule has 19 heavy (non-hydrogen) atoms. The maximum atomic E-state index is 11.9. The lowest BCUT2D eigenvalue weighted by Crippen LogP contribution is -2.38. The van der Waals surface area contributed by atoms with E-state index in [0.717, 1.165) is 16.5 Å². The number of nitrogens with one attached hydrogen (secondary N) is 1. The Hall–Kier alpha value is -1.37. The van der Waals surface area contributed by atoms with Crippen LogP contribution in [0.1, 0.15) is 5.56 Å². The van der Waals surface area contributed by atoms with Crippen LogP contribution in [0.4, 0.5) is 0 Å². The quantitative estimate of drug-likeness (QED) is 0.902. The van der Waals surface area contributed by atoms with E-state index in [9.17, 15) is 8.42 Å². The number of aromatic amines is 1. The molecule has 0 bridgehead atoms. The van der Waals surface area contributed by atoms with Gasteiger partial charge in [0.1, 0.15) is 0 Å². The van der Waals surface area contributed by atoms with E-state index >= 15 is 0 Å². The Morgan fingerprint density at radius 1 is 1.16 bits per heavy atom. The molecule has 0 fully saturated rings. The van der Waals surface area contributed by atoms with Crippen LogP contribution in [0.25, 0.3) is 10.9 Å². The number of likely N-dealkylation sites (N-methyl/N-ethyl adjacent to an activating group) is 1. The highest BCUT2D eigenvalue weighted by molar-refractivity contribution is 7.86. The van der Waals surface area contributed by atoms with Gasteiger partial charge in [0.05, 0.1) is 0 Å². The smallest absolute Gasteiger partial charge is 0.281 e. The molecular weight excluding hydrogens is 262 g/mol. The third-order valence-electron chi connectivity index (χ3n) is 3.23. The second-order valence-electron chi connectivity index (χ2n) is 4.72. The minimum Gasteiger partial charge on any atom is -0.361 e. The van der Waals surface area contributed by atoms with Crippen LogP contribution in [-0.2, 0) is 16.6 Å². The second kappa shape index (κ2) is 5.32. The number of fused-ring (bicyclic) bond motifs is 1. The lowest BCUT2D eigenvalue weighted by molar-refractivity contribution is 0.420. The van der Waals surface area contributed by atoms with Gasteiger partial charge in [-0.15, -0.1) is 0 Å². The van der Waals surface area contributed by atoms with Gasteiger partial charge < -0.3 is 4.98 Å². The summed E-state index contributed by atoms with van der Waals surface area (Å²) in [5.74, 6) is 0. The Kier molecular flexibility index (Phi) is 3.93. The van der Waals surface area contributed by atoms with E-state index in [1.165, 1.54) is 22.7 Å². The van der Waals surface area contributed by atoms with Gasteiger partial charge in [-0.3, -0.25) is 0 Å². The third kappa shape index (κ3) is 2.80. The predicted molar refractivity (Wildman–Crippen MR) is 77.2 cm³/mol. The molecule has 0 spiro atoms. The average molecular weight is 281 g/mol. The van der Waals surface area contributed by atoms with E-state index in [1.807, 2.05) is 30.5 Å². The van der Waals surface area contributed by atoms with Gasteiger partial charge in [0.2, 0.25) is 0 Å². The number of rotatable bonds is 5. The summed E-state index contributed by atoms with van der Waals surface area (Å²) in [5.41, 5.74) is 2.21. The van der Waals surface area contributed by atoms with Gasteiger partial charge in [0, 0.05) is 44.8 Å². The first-order chi connectivity index (χ1) is 8.93. The minimum absolute atomic E-state index is 0.461. The zero-order valence-electron chi connectivity index (χ0n) is 11.4. The first kappa shape index (κ1) is 14.0. The molecular formula is C13H19N3O2S. The molecule has 1 aromatic heterocycles. The number of para-hydroxylation sites is 1. The molecule has 0 aliphatic heterocycles. The molecule has 0 radical (unpaired) electrons. The summed E-state index contributed by atoms with van der Waals surface area (Å²) in [6.07, 6.45) is 2.63. The van der Waals surface area contributed by atoms with Crippen molar-refractivity contribution in [3.63, 3.8) is 0 Å². The van der Waals surface area contributed by atoms with Gasteiger partial charge in [0.25, 0.3) is 10.2 Å².